The molecule has 0 saturated carbocycles. The quantitative estimate of drug-likeness (QED) is 0.779. The number of methoxy groups -OCH3 is 1. The average Bonchev–Trinajstić information content (AvgIpc) is 2.34. The summed E-state index contributed by atoms with van der Waals surface area (Å²) in [7, 11) is 5.38. The highest BCUT2D eigenvalue weighted by atomic mass is 35.5. The summed E-state index contributed by atoms with van der Waals surface area (Å²) in [6, 6.07) is 5.34. The molecule has 1 aromatic rings. The third-order valence-corrected chi connectivity index (χ3v) is 2.61. The Kier molecular flexibility index (Phi) is 6.62. The van der Waals surface area contributed by atoms with E-state index in [1.165, 1.54) is 0 Å². The molecule has 106 valence electrons. The average molecular weight is 287 g/mol. The Bertz CT molecular complexity index is 424. The van der Waals surface area contributed by atoms with Crippen LogP contribution < -0.4 is 10.2 Å². The number of carbonyl (C=O) groups excluding carboxylic acids is 1. The summed E-state index contributed by atoms with van der Waals surface area (Å²) in [6.07, 6.45) is 0. The van der Waals surface area contributed by atoms with Crippen molar-refractivity contribution in [3.05, 3.63) is 23.2 Å². The molecule has 1 N–H and O–H groups in total. The van der Waals surface area contributed by atoms with Crippen LogP contribution in [0.25, 0.3) is 0 Å². The van der Waals surface area contributed by atoms with Gasteiger partial charge in [0.1, 0.15) is 6.61 Å². The van der Waals surface area contributed by atoms with Gasteiger partial charge >= 0.3 is 0 Å². The zero-order valence-electron chi connectivity index (χ0n) is 11.4. The summed E-state index contributed by atoms with van der Waals surface area (Å²) in [5.41, 5.74) is 1.55. The predicted molar refractivity (Wildman–Crippen MR) is 77.1 cm³/mol. The van der Waals surface area contributed by atoms with Crippen LogP contribution >= 0.6 is 11.6 Å². The van der Waals surface area contributed by atoms with Crippen molar-refractivity contribution in [1.29, 1.82) is 0 Å². The van der Waals surface area contributed by atoms with Gasteiger partial charge in [0.05, 0.1) is 24.6 Å². The maximum absolute atomic E-state index is 11.7. The lowest BCUT2D eigenvalue weighted by Gasteiger charge is -2.18. The van der Waals surface area contributed by atoms with E-state index in [0.717, 1.165) is 5.69 Å². The molecule has 0 aliphatic rings. The fraction of sp³-hybridized carbons (Fsp3) is 0.462. The third kappa shape index (κ3) is 5.46. The van der Waals surface area contributed by atoms with Gasteiger partial charge in [0, 0.05) is 26.2 Å². The van der Waals surface area contributed by atoms with Gasteiger partial charge < -0.3 is 19.7 Å². The first-order valence-electron chi connectivity index (χ1n) is 5.88. The number of nitrogens with one attached hydrogen (secondary N) is 1. The maximum atomic E-state index is 11.7. The minimum atomic E-state index is -0.221. The SMILES string of the molecule is COCCOCC(=O)Nc1cc(Cl)ccc1N(C)C. The number of carbonyl (C=O) groups is 1. The molecule has 1 amide bonds. The molecule has 0 heterocycles. The molecular weight excluding hydrogens is 268 g/mol. The van der Waals surface area contributed by atoms with Gasteiger partial charge in [-0.3, -0.25) is 4.79 Å². The van der Waals surface area contributed by atoms with Crippen LogP contribution in [0.3, 0.4) is 0 Å². The van der Waals surface area contributed by atoms with Gasteiger partial charge in [0.25, 0.3) is 0 Å². The molecule has 0 atom stereocenters. The van der Waals surface area contributed by atoms with Crippen LogP contribution in [-0.2, 0) is 14.3 Å². The monoisotopic (exact) mass is 286 g/mol. The van der Waals surface area contributed by atoms with Gasteiger partial charge in [0.15, 0.2) is 0 Å². The summed E-state index contributed by atoms with van der Waals surface area (Å²) in [4.78, 5) is 13.6. The zero-order chi connectivity index (χ0) is 14.3. The third-order valence-electron chi connectivity index (χ3n) is 2.38. The topological polar surface area (TPSA) is 50.8 Å². The number of hydrogen-bond acceptors (Lipinski definition) is 4. The van der Waals surface area contributed by atoms with E-state index in [4.69, 9.17) is 21.1 Å². The summed E-state index contributed by atoms with van der Waals surface area (Å²) >= 11 is 5.93. The van der Waals surface area contributed by atoms with Crippen molar-refractivity contribution in [2.45, 2.75) is 0 Å². The summed E-state index contributed by atoms with van der Waals surface area (Å²) in [5, 5.41) is 3.35. The molecule has 0 bridgehead atoms. The molecule has 5 nitrogen and oxygen atoms in total. The Hall–Kier alpha value is -1.30. The second-order valence-electron chi connectivity index (χ2n) is 4.15. The Morgan fingerprint density at radius 3 is 2.74 bits per heavy atom. The van der Waals surface area contributed by atoms with Crippen LogP contribution in [-0.4, -0.2) is 46.9 Å². The Morgan fingerprint density at radius 1 is 1.37 bits per heavy atom. The standard InChI is InChI=1S/C13H19ClN2O3/c1-16(2)12-5-4-10(14)8-11(12)15-13(17)9-19-7-6-18-3/h4-5,8H,6-7,9H2,1-3H3,(H,15,17). The molecule has 0 fully saturated rings. The fourth-order valence-electron chi connectivity index (χ4n) is 1.49. The molecule has 0 saturated heterocycles. The molecule has 19 heavy (non-hydrogen) atoms. The number of rotatable bonds is 7. The number of hydrogen-bond donors (Lipinski definition) is 1. The van der Waals surface area contributed by atoms with Crippen LogP contribution in [0.15, 0.2) is 18.2 Å². The van der Waals surface area contributed by atoms with Crippen molar-refractivity contribution >= 4 is 28.9 Å². The van der Waals surface area contributed by atoms with Crippen molar-refractivity contribution in [2.75, 3.05) is 51.2 Å². The van der Waals surface area contributed by atoms with Crippen molar-refractivity contribution < 1.29 is 14.3 Å². The van der Waals surface area contributed by atoms with E-state index in [1.54, 1.807) is 19.2 Å². The molecule has 0 aromatic heterocycles. The van der Waals surface area contributed by atoms with Crippen LogP contribution in [0, 0.1) is 0 Å². The lowest BCUT2D eigenvalue weighted by molar-refractivity contribution is -0.121. The van der Waals surface area contributed by atoms with Crippen molar-refractivity contribution in [1.82, 2.24) is 0 Å². The second kappa shape index (κ2) is 7.99. The van der Waals surface area contributed by atoms with E-state index in [0.29, 0.717) is 23.9 Å². The first-order chi connectivity index (χ1) is 9.04. The highest BCUT2D eigenvalue weighted by Gasteiger charge is 2.09. The number of benzene rings is 1. The largest absolute Gasteiger partial charge is 0.382 e. The van der Waals surface area contributed by atoms with Gasteiger partial charge in [-0.1, -0.05) is 11.6 Å². The molecule has 0 aliphatic carbocycles. The first-order valence-corrected chi connectivity index (χ1v) is 6.25. The van der Waals surface area contributed by atoms with Gasteiger partial charge in [-0.15, -0.1) is 0 Å². The molecule has 0 spiro atoms. The van der Waals surface area contributed by atoms with Crippen molar-refractivity contribution in [3.8, 4) is 0 Å². The van der Waals surface area contributed by atoms with E-state index in [2.05, 4.69) is 5.32 Å². The highest BCUT2D eigenvalue weighted by molar-refractivity contribution is 6.31. The Balaban J connectivity index is 2.60. The molecular formula is C13H19ClN2O3. The number of halogens is 1. The molecule has 1 aromatic carbocycles. The van der Waals surface area contributed by atoms with Crippen LogP contribution in [0.1, 0.15) is 0 Å². The summed E-state index contributed by atoms with van der Waals surface area (Å²) in [6.45, 7) is 0.843. The number of amides is 1. The Morgan fingerprint density at radius 2 is 2.11 bits per heavy atom. The molecule has 0 unspecified atom stereocenters. The van der Waals surface area contributed by atoms with Gasteiger partial charge in [0.2, 0.25) is 5.91 Å². The summed E-state index contributed by atoms with van der Waals surface area (Å²) < 4.78 is 9.98. The minimum Gasteiger partial charge on any atom is -0.382 e. The van der Waals surface area contributed by atoms with Crippen molar-refractivity contribution in [2.24, 2.45) is 0 Å². The van der Waals surface area contributed by atoms with Gasteiger partial charge in [-0.05, 0) is 18.2 Å². The smallest absolute Gasteiger partial charge is 0.250 e. The number of nitrogens with zero attached hydrogens (tertiary/aromatic N) is 1. The normalized spacial score (nSPS) is 10.3. The van der Waals surface area contributed by atoms with Crippen LogP contribution in [0.4, 0.5) is 11.4 Å². The van der Waals surface area contributed by atoms with E-state index in [-0.39, 0.29) is 12.5 Å². The van der Waals surface area contributed by atoms with Gasteiger partial charge in [-0.2, -0.15) is 0 Å². The summed E-state index contributed by atoms with van der Waals surface area (Å²) in [5.74, 6) is -0.221. The van der Waals surface area contributed by atoms with Crippen LogP contribution in [0.2, 0.25) is 5.02 Å². The molecule has 1 rings (SSSR count). The van der Waals surface area contributed by atoms with Crippen LogP contribution in [0.5, 0.6) is 0 Å². The van der Waals surface area contributed by atoms with E-state index in [1.807, 2.05) is 25.1 Å². The van der Waals surface area contributed by atoms with E-state index < -0.39 is 0 Å². The molecule has 0 aliphatic heterocycles. The maximum Gasteiger partial charge on any atom is 0.250 e. The zero-order valence-corrected chi connectivity index (χ0v) is 12.2. The molecule has 6 heteroatoms. The van der Waals surface area contributed by atoms with Crippen molar-refractivity contribution in [3.63, 3.8) is 0 Å². The predicted octanol–water partition coefficient (Wildman–Crippen LogP) is 2.01. The second-order valence-corrected chi connectivity index (χ2v) is 4.59. The fourth-order valence-corrected chi connectivity index (χ4v) is 1.66. The van der Waals surface area contributed by atoms with E-state index in [9.17, 15) is 4.79 Å². The number of ether oxygens (including phenoxy) is 2. The van der Waals surface area contributed by atoms with E-state index >= 15 is 0 Å². The highest BCUT2D eigenvalue weighted by Crippen LogP contribution is 2.27. The van der Waals surface area contributed by atoms with Gasteiger partial charge in [-0.25, -0.2) is 0 Å². The first kappa shape index (κ1) is 15.8. The number of anilines is 2. The molecule has 0 radical (unpaired) electrons. The minimum absolute atomic E-state index is 0.0112. The Labute approximate surface area is 118 Å². The lowest BCUT2D eigenvalue weighted by Crippen LogP contribution is -2.21. The lowest BCUT2D eigenvalue weighted by atomic mass is 10.2.